The molecule has 1 aliphatic carbocycles. The van der Waals surface area contributed by atoms with E-state index in [0.29, 0.717) is 0 Å². The minimum atomic E-state index is -0.0777. The molecule has 0 spiro atoms. The zero-order chi connectivity index (χ0) is 8.97. The van der Waals surface area contributed by atoms with Crippen molar-refractivity contribution in [1.82, 2.24) is 0 Å². The third-order valence-electron chi connectivity index (χ3n) is 2.40. The zero-order valence-electron chi connectivity index (χ0n) is 7.38. The molecule has 1 fully saturated rings. The van der Waals surface area contributed by atoms with Gasteiger partial charge >= 0.3 is 5.97 Å². The van der Waals surface area contributed by atoms with Gasteiger partial charge in [-0.1, -0.05) is 5.57 Å². The van der Waals surface area contributed by atoms with Gasteiger partial charge in [0, 0.05) is 0 Å². The summed E-state index contributed by atoms with van der Waals surface area (Å²) in [4.78, 5) is 11.1. The summed E-state index contributed by atoms with van der Waals surface area (Å²) in [5, 5.41) is 0. The van der Waals surface area contributed by atoms with Crippen LogP contribution in [-0.4, -0.2) is 13.1 Å². The summed E-state index contributed by atoms with van der Waals surface area (Å²) in [7, 11) is 1.44. The average molecular weight is 169 g/mol. The van der Waals surface area contributed by atoms with Crippen LogP contribution >= 0.6 is 0 Å². The summed E-state index contributed by atoms with van der Waals surface area (Å²) in [6.07, 6.45) is 5.31. The van der Waals surface area contributed by atoms with Crippen molar-refractivity contribution in [2.75, 3.05) is 7.11 Å². The molecule has 0 bridgehead atoms. The number of ether oxygens (including phenoxy) is 1. The number of esters is 1. The predicted molar refractivity (Wildman–Crippen MR) is 46.2 cm³/mol. The molecule has 0 atom stereocenters. The summed E-state index contributed by atoms with van der Waals surface area (Å²) >= 11 is 0. The van der Waals surface area contributed by atoms with Crippen LogP contribution in [0.25, 0.3) is 0 Å². The normalized spacial score (nSPS) is 23.4. The molecule has 0 aromatic heterocycles. The lowest BCUT2D eigenvalue weighted by atomic mass is 9.86. The lowest BCUT2D eigenvalue weighted by molar-refractivity contribution is -0.146. The highest BCUT2D eigenvalue weighted by molar-refractivity contribution is 5.72. The SMILES string of the molecule is COC(=O)C1CCC(=CN)CC1. The third-order valence-corrected chi connectivity index (χ3v) is 2.40. The predicted octanol–water partition coefficient (Wildman–Crippen LogP) is 1.19. The summed E-state index contributed by atoms with van der Waals surface area (Å²) in [5.41, 5.74) is 6.64. The van der Waals surface area contributed by atoms with Crippen LogP contribution in [0, 0.1) is 5.92 Å². The summed E-state index contributed by atoms with van der Waals surface area (Å²) in [5.74, 6) is 0.0183. The van der Waals surface area contributed by atoms with Gasteiger partial charge in [-0.05, 0) is 31.9 Å². The second kappa shape index (κ2) is 4.14. The van der Waals surface area contributed by atoms with E-state index in [-0.39, 0.29) is 11.9 Å². The van der Waals surface area contributed by atoms with Crippen LogP contribution in [-0.2, 0) is 9.53 Å². The molecule has 0 aromatic rings. The maximum Gasteiger partial charge on any atom is 0.308 e. The van der Waals surface area contributed by atoms with Crippen LogP contribution in [0.1, 0.15) is 25.7 Å². The molecule has 3 heteroatoms. The van der Waals surface area contributed by atoms with Crippen LogP contribution in [0.5, 0.6) is 0 Å². The van der Waals surface area contributed by atoms with Crippen molar-refractivity contribution < 1.29 is 9.53 Å². The fourth-order valence-corrected chi connectivity index (χ4v) is 1.56. The maximum absolute atomic E-state index is 11.1. The van der Waals surface area contributed by atoms with E-state index in [9.17, 15) is 4.79 Å². The molecule has 0 amide bonds. The first kappa shape index (κ1) is 9.10. The molecule has 0 radical (unpaired) electrons. The number of nitrogens with two attached hydrogens (primary N) is 1. The molecule has 0 saturated heterocycles. The lowest BCUT2D eigenvalue weighted by Gasteiger charge is -2.20. The smallest absolute Gasteiger partial charge is 0.308 e. The van der Waals surface area contributed by atoms with Crippen LogP contribution in [0.2, 0.25) is 0 Å². The zero-order valence-corrected chi connectivity index (χ0v) is 7.38. The fourth-order valence-electron chi connectivity index (χ4n) is 1.56. The average Bonchev–Trinajstić information content (AvgIpc) is 2.17. The Labute approximate surface area is 72.6 Å². The number of rotatable bonds is 1. The van der Waals surface area contributed by atoms with E-state index in [1.165, 1.54) is 12.7 Å². The molecular weight excluding hydrogens is 154 g/mol. The van der Waals surface area contributed by atoms with Crippen molar-refractivity contribution in [3.05, 3.63) is 11.8 Å². The molecule has 3 nitrogen and oxygen atoms in total. The van der Waals surface area contributed by atoms with E-state index < -0.39 is 0 Å². The van der Waals surface area contributed by atoms with Gasteiger partial charge in [0.1, 0.15) is 0 Å². The monoisotopic (exact) mass is 169 g/mol. The molecule has 0 aliphatic heterocycles. The fraction of sp³-hybridized carbons (Fsp3) is 0.667. The highest BCUT2D eigenvalue weighted by Gasteiger charge is 2.23. The van der Waals surface area contributed by atoms with Crippen LogP contribution in [0.4, 0.5) is 0 Å². The van der Waals surface area contributed by atoms with E-state index in [0.717, 1.165) is 25.7 Å². The van der Waals surface area contributed by atoms with Crippen LogP contribution in [0.15, 0.2) is 11.8 Å². The Morgan fingerprint density at radius 3 is 2.58 bits per heavy atom. The number of carbonyl (C=O) groups excluding carboxylic acids is 1. The second-order valence-electron chi connectivity index (χ2n) is 3.12. The first-order valence-corrected chi connectivity index (χ1v) is 4.25. The number of hydrogen-bond acceptors (Lipinski definition) is 3. The van der Waals surface area contributed by atoms with Gasteiger partial charge in [-0.15, -0.1) is 0 Å². The van der Waals surface area contributed by atoms with Gasteiger partial charge in [0.25, 0.3) is 0 Å². The molecule has 1 rings (SSSR count). The summed E-state index contributed by atoms with van der Waals surface area (Å²) < 4.78 is 4.67. The van der Waals surface area contributed by atoms with Crippen molar-refractivity contribution in [3.63, 3.8) is 0 Å². The minimum Gasteiger partial charge on any atom is -0.469 e. The Hall–Kier alpha value is -0.990. The largest absolute Gasteiger partial charge is 0.469 e. The van der Waals surface area contributed by atoms with E-state index in [1.54, 1.807) is 6.20 Å². The van der Waals surface area contributed by atoms with E-state index in [1.807, 2.05) is 0 Å². The number of allylic oxidation sites excluding steroid dienone is 1. The van der Waals surface area contributed by atoms with Gasteiger partial charge in [0.2, 0.25) is 0 Å². The van der Waals surface area contributed by atoms with E-state index in [2.05, 4.69) is 4.74 Å². The van der Waals surface area contributed by atoms with Gasteiger partial charge in [-0.3, -0.25) is 4.79 Å². The van der Waals surface area contributed by atoms with E-state index in [4.69, 9.17) is 5.73 Å². The molecular formula is C9H15NO2. The molecule has 1 aliphatic rings. The van der Waals surface area contributed by atoms with E-state index >= 15 is 0 Å². The van der Waals surface area contributed by atoms with Gasteiger partial charge in [0.15, 0.2) is 0 Å². The maximum atomic E-state index is 11.1. The van der Waals surface area contributed by atoms with Crippen molar-refractivity contribution in [2.24, 2.45) is 11.7 Å². The standard InChI is InChI=1S/C9H15NO2/c1-12-9(11)8-4-2-7(6-10)3-5-8/h6,8H,2-5,10H2,1H3. The van der Waals surface area contributed by atoms with Gasteiger partial charge in [0.05, 0.1) is 13.0 Å². The summed E-state index contributed by atoms with van der Waals surface area (Å²) in [6, 6.07) is 0. The highest BCUT2D eigenvalue weighted by atomic mass is 16.5. The van der Waals surface area contributed by atoms with Crippen molar-refractivity contribution in [2.45, 2.75) is 25.7 Å². The first-order chi connectivity index (χ1) is 5.77. The number of methoxy groups -OCH3 is 1. The van der Waals surface area contributed by atoms with Gasteiger partial charge in [-0.2, -0.15) is 0 Å². The molecule has 68 valence electrons. The van der Waals surface area contributed by atoms with Crippen LogP contribution < -0.4 is 5.73 Å². The molecule has 12 heavy (non-hydrogen) atoms. The first-order valence-electron chi connectivity index (χ1n) is 4.25. The van der Waals surface area contributed by atoms with Gasteiger partial charge in [-0.25, -0.2) is 0 Å². The lowest BCUT2D eigenvalue weighted by Crippen LogP contribution is -2.19. The van der Waals surface area contributed by atoms with Crippen molar-refractivity contribution >= 4 is 5.97 Å². The molecule has 0 aromatic carbocycles. The van der Waals surface area contributed by atoms with Crippen molar-refractivity contribution in [3.8, 4) is 0 Å². The third kappa shape index (κ3) is 2.00. The number of hydrogen-bond donors (Lipinski definition) is 1. The quantitative estimate of drug-likeness (QED) is 0.600. The Morgan fingerprint density at radius 1 is 1.58 bits per heavy atom. The Kier molecular flexibility index (Phi) is 3.14. The van der Waals surface area contributed by atoms with Crippen molar-refractivity contribution in [1.29, 1.82) is 0 Å². The minimum absolute atomic E-state index is 0.0777. The molecule has 1 saturated carbocycles. The molecule has 0 unspecified atom stereocenters. The summed E-state index contributed by atoms with van der Waals surface area (Å²) in [6.45, 7) is 0. The van der Waals surface area contributed by atoms with Crippen LogP contribution in [0.3, 0.4) is 0 Å². The highest BCUT2D eigenvalue weighted by Crippen LogP contribution is 2.28. The Morgan fingerprint density at radius 2 is 2.17 bits per heavy atom. The number of carbonyl (C=O) groups is 1. The topological polar surface area (TPSA) is 52.3 Å². The molecule has 2 N–H and O–H groups in total. The Balaban J connectivity index is 2.41. The Bertz CT molecular complexity index is 189. The second-order valence-corrected chi connectivity index (χ2v) is 3.12. The van der Waals surface area contributed by atoms with Gasteiger partial charge < -0.3 is 10.5 Å². The molecule has 0 heterocycles.